The van der Waals surface area contributed by atoms with E-state index in [-0.39, 0.29) is 11.9 Å². The van der Waals surface area contributed by atoms with Crippen LogP contribution in [0.3, 0.4) is 0 Å². The van der Waals surface area contributed by atoms with E-state index in [2.05, 4.69) is 26.1 Å². The Balaban J connectivity index is 2.16. The van der Waals surface area contributed by atoms with Crippen LogP contribution in [0.15, 0.2) is 22.7 Å². The molecular weight excluding hydrogens is 307 g/mol. The zero-order chi connectivity index (χ0) is 13.8. The molecule has 1 aliphatic heterocycles. The molecule has 0 bridgehead atoms. The minimum atomic E-state index is -0.106. The monoisotopic (exact) mass is 328 g/mol. The molecule has 1 aromatic rings. The van der Waals surface area contributed by atoms with Gasteiger partial charge in [-0.2, -0.15) is 0 Å². The molecule has 2 nitrogen and oxygen atoms in total. The van der Waals surface area contributed by atoms with E-state index in [0.717, 1.165) is 29.5 Å². The molecular formula is C15H22BrFN2. The fraction of sp³-hybridized carbons (Fsp3) is 0.600. The number of nitrogens with zero attached hydrogens (tertiary/aromatic N) is 1. The number of benzene rings is 1. The van der Waals surface area contributed by atoms with Gasteiger partial charge in [0.1, 0.15) is 5.82 Å². The first-order chi connectivity index (χ1) is 9.08. The van der Waals surface area contributed by atoms with E-state index >= 15 is 0 Å². The van der Waals surface area contributed by atoms with E-state index in [0.29, 0.717) is 5.92 Å². The van der Waals surface area contributed by atoms with Crippen molar-refractivity contribution in [1.29, 1.82) is 0 Å². The van der Waals surface area contributed by atoms with E-state index in [1.54, 1.807) is 12.1 Å². The van der Waals surface area contributed by atoms with E-state index in [9.17, 15) is 4.39 Å². The van der Waals surface area contributed by atoms with Gasteiger partial charge in [-0.1, -0.05) is 15.9 Å². The highest BCUT2D eigenvalue weighted by Crippen LogP contribution is 2.31. The molecule has 1 aliphatic rings. The fourth-order valence-corrected chi connectivity index (χ4v) is 3.21. The molecule has 1 heterocycles. The smallest absolute Gasteiger partial charge is 0.128 e. The lowest BCUT2D eigenvalue weighted by Crippen LogP contribution is -2.33. The average molecular weight is 329 g/mol. The Morgan fingerprint density at radius 3 is 2.89 bits per heavy atom. The van der Waals surface area contributed by atoms with Crippen molar-refractivity contribution >= 4 is 15.9 Å². The summed E-state index contributed by atoms with van der Waals surface area (Å²) < 4.78 is 15.0. The van der Waals surface area contributed by atoms with Crippen LogP contribution in [0, 0.1) is 11.7 Å². The van der Waals surface area contributed by atoms with Crippen LogP contribution in [0.25, 0.3) is 0 Å². The maximum Gasteiger partial charge on any atom is 0.128 e. The van der Waals surface area contributed by atoms with Crippen molar-refractivity contribution in [1.82, 2.24) is 10.2 Å². The molecule has 2 unspecified atom stereocenters. The van der Waals surface area contributed by atoms with E-state index < -0.39 is 0 Å². The van der Waals surface area contributed by atoms with Gasteiger partial charge in [0, 0.05) is 16.1 Å². The minimum Gasteiger partial charge on any atom is -0.316 e. The first-order valence-electron chi connectivity index (χ1n) is 6.90. The highest BCUT2D eigenvalue weighted by Gasteiger charge is 2.24. The average Bonchev–Trinajstić information content (AvgIpc) is 2.40. The van der Waals surface area contributed by atoms with Crippen molar-refractivity contribution in [2.24, 2.45) is 5.92 Å². The molecule has 0 aliphatic carbocycles. The predicted octanol–water partition coefficient (Wildman–Crippen LogP) is 3.58. The van der Waals surface area contributed by atoms with Gasteiger partial charge < -0.3 is 10.2 Å². The van der Waals surface area contributed by atoms with Crippen LogP contribution >= 0.6 is 15.9 Å². The SMILES string of the molecule is CN(C)C(CC1CCCNC1)c1cc(Br)ccc1F. The summed E-state index contributed by atoms with van der Waals surface area (Å²) in [6.45, 7) is 2.17. The molecule has 1 saturated heterocycles. The Hall–Kier alpha value is -0.450. The molecule has 0 spiro atoms. The molecule has 1 aromatic carbocycles. The van der Waals surface area contributed by atoms with Crippen LogP contribution in [0.5, 0.6) is 0 Å². The highest BCUT2D eigenvalue weighted by atomic mass is 79.9. The molecule has 106 valence electrons. The zero-order valence-electron chi connectivity index (χ0n) is 11.6. The summed E-state index contributed by atoms with van der Waals surface area (Å²) in [5, 5.41) is 3.44. The third-order valence-corrected chi connectivity index (χ3v) is 4.39. The van der Waals surface area contributed by atoms with Crippen LogP contribution in [-0.2, 0) is 0 Å². The van der Waals surface area contributed by atoms with Crippen molar-refractivity contribution in [3.8, 4) is 0 Å². The standard InChI is InChI=1S/C15H22BrFN2/c1-19(2)15(8-11-4-3-7-18-10-11)13-9-12(16)5-6-14(13)17/h5-6,9,11,15,18H,3-4,7-8,10H2,1-2H3. The number of rotatable bonds is 4. The molecule has 0 amide bonds. The lowest BCUT2D eigenvalue weighted by molar-refractivity contribution is 0.221. The van der Waals surface area contributed by atoms with E-state index in [1.807, 2.05) is 20.2 Å². The first-order valence-corrected chi connectivity index (χ1v) is 7.69. The second kappa shape index (κ2) is 6.82. The highest BCUT2D eigenvalue weighted by molar-refractivity contribution is 9.10. The molecule has 4 heteroatoms. The second-order valence-electron chi connectivity index (χ2n) is 5.59. The Labute approximate surface area is 123 Å². The van der Waals surface area contributed by atoms with E-state index in [4.69, 9.17) is 0 Å². The molecule has 1 N–H and O–H groups in total. The lowest BCUT2D eigenvalue weighted by Gasteiger charge is -2.31. The largest absolute Gasteiger partial charge is 0.316 e. The number of halogens is 2. The van der Waals surface area contributed by atoms with Gasteiger partial charge in [-0.25, -0.2) is 4.39 Å². The van der Waals surface area contributed by atoms with Gasteiger partial charge in [0.2, 0.25) is 0 Å². The quantitative estimate of drug-likeness (QED) is 0.908. The van der Waals surface area contributed by atoms with Crippen LogP contribution in [0.1, 0.15) is 30.9 Å². The third-order valence-electron chi connectivity index (χ3n) is 3.90. The normalized spacial score (nSPS) is 21.6. The number of nitrogens with one attached hydrogen (secondary N) is 1. The molecule has 2 atom stereocenters. The Bertz CT molecular complexity index is 417. The Morgan fingerprint density at radius 1 is 1.47 bits per heavy atom. The zero-order valence-corrected chi connectivity index (χ0v) is 13.2. The summed E-state index contributed by atoms with van der Waals surface area (Å²) in [5.41, 5.74) is 0.796. The van der Waals surface area contributed by atoms with E-state index in [1.165, 1.54) is 12.8 Å². The maximum atomic E-state index is 14.1. The Kier molecular flexibility index (Phi) is 5.37. The summed E-state index contributed by atoms with van der Waals surface area (Å²) in [6, 6.07) is 5.36. The molecule has 0 saturated carbocycles. The predicted molar refractivity (Wildman–Crippen MR) is 80.7 cm³/mol. The topological polar surface area (TPSA) is 15.3 Å². The summed E-state index contributed by atoms with van der Waals surface area (Å²) in [4.78, 5) is 2.12. The summed E-state index contributed by atoms with van der Waals surface area (Å²) in [6.07, 6.45) is 3.48. The summed E-state index contributed by atoms with van der Waals surface area (Å²) in [7, 11) is 4.06. The van der Waals surface area contributed by atoms with Gasteiger partial charge in [-0.3, -0.25) is 0 Å². The van der Waals surface area contributed by atoms with Gasteiger partial charge in [-0.15, -0.1) is 0 Å². The van der Waals surface area contributed by atoms with Crippen molar-refractivity contribution < 1.29 is 4.39 Å². The maximum absolute atomic E-state index is 14.1. The van der Waals surface area contributed by atoms with Crippen molar-refractivity contribution in [3.63, 3.8) is 0 Å². The van der Waals surface area contributed by atoms with Crippen molar-refractivity contribution in [2.75, 3.05) is 27.2 Å². The summed E-state index contributed by atoms with van der Waals surface area (Å²) in [5.74, 6) is 0.533. The van der Waals surface area contributed by atoms with Crippen molar-refractivity contribution in [2.45, 2.75) is 25.3 Å². The fourth-order valence-electron chi connectivity index (χ4n) is 2.83. The Morgan fingerprint density at radius 2 is 2.26 bits per heavy atom. The van der Waals surface area contributed by atoms with Crippen molar-refractivity contribution in [3.05, 3.63) is 34.1 Å². The van der Waals surface area contributed by atoms with Crippen LogP contribution in [-0.4, -0.2) is 32.1 Å². The number of piperidine rings is 1. The van der Waals surface area contributed by atoms with Gasteiger partial charge in [0.15, 0.2) is 0 Å². The van der Waals surface area contributed by atoms with Crippen LogP contribution in [0.4, 0.5) is 4.39 Å². The minimum absolute atomic E-state index is 0.106. The lowest BCUT2D eigenvalue weighted by atomic mass is 9.89. The number of hydrogen-bond acceptors (Lipinski definition) is 2. The van der Waals surface area contributed by atoms with Crippen LogP contribution < -0.4 is 5.32 Å². The number of hydrogen-bond donors (Lipinski definition) is 1. The first kappa shape index (κ1) is 14.9. The van der Waals surface area contributed by atoms with Gasteiger partial charge in [0.25, 0.3) is 0 Å². The second-order valence-corrected chi connectivity index (χ2v) is 6.51. The van der Waals surface area contributed by atoms with Gasteiger partial charge >= 0.3 is 0 Å². The van der Waals surface area contributed by atoms with Gasteiger partial charge in [0.05, 0.1) is 0 Å². The van der Waals surface area contributed by atoms with Gasteiger partial charge in [-0.05, 0) is 70.6 Å². The third kappa shape index (κ3) is 4.01. The van der Waals surface area contributed by atoms with Crippen LogP contribution in [0.2, 0.25) is 0 Å². The molecule has 1 fully saturated rings. The molecule has 0 radical (unpaired) electrons. The molecule has 2 rings (SSSR count). The molecule has 0 aromatic heterocycles. The molecule has 19 heavy (non-hydrogen) atoms. The summed E-state index contributed by atoms with van der Waals surface area (Å²) >= 11 is 3.44.